The molecule has 0 saturated heterocycles. The monoisotopic (exact) mass is 902 g/mol. The summed E-state index contributed by atoms with van der Waals surface area (Å²) in [7, 11) is 0. The van der Waals surface area contributed by atoms with Crippen molar-refractivity contribution >= 4 is 43.1 Å². The van der Waals surface area contributed by atoms with Gasteiger partial charge in [0.05, 0.1) is 0 Å². The predicted octanol–water partition coefficient (Wildman–Crippen LogP) is 19.4. The second kappa shape index (κ2) is 15.9. The van der Waals surface area contributed by atoms with Crippen LogP contribution >= 0.6 is 0 Å². The van der Waals surface area contributed by atoms with Gasteiger partial charge in [0.15, 0.2) is 0 Å². The van der Waals surface area contributed by atoms with Gasteiger partial charge in [-0.2, -0.15) is 0 Å². The standard InChI is InChI=1S/C70H62/c1-10-70(9,53-32-26-48(27-33-53)58-17-13-15-46-14-11-12-16-57(46)58)55-35-39-61-60-38-34-54(42-63(60)69(7,8)64(61)43-55)68(5,6)52-30-24-45(25-31-52)44-18-20-47(21-19-44)59-36-28-49-22-23-50-40-56(67(2,3)4)41-51-29-37-62(59)66(49)65(50)51/h11-43H,10H2,1-9H3. The van der Waals surface area contributed by atoms with Gasteiger partial charge in [0.25, 0.3) is 0 Å². The molecule has 0 saturated carbocycles. The fourth-order valence-electron chi connectivity index (χ4n) is 12.1. The Balaban J connectivity index is 0.797. The van der Waals surface area contributed by atoms with Crippen LogP contribution in [0.5, 0.6) is 0 Å². The average molecular weight is 903 g/mol. The van der Waals surface area contributed by atoms with Gasteiger partial charge in [-0.1, -0.05) is 263 Å². The smallest absolute Gasteiger partial charge is 0.0172 e. The van der Waals surface area contributed by atoms with Crippen molar-refractivity contribution in [2.24, 2.45) is 0 Å². The highest BCUT2D eigenvalue weighted by molar-refractivity contribution is 6.25. The van der Waals surface area contributed by atoms with Gasteiger partial charge in [-0.3, -0.25) is 0 Å². The third-order valence-electron chi connectivity index (χ3n) is 17.0. The Labute approximate surface area is 415 Å². The van der Waals surface area contributed by atoms with Crippen molar-refractivity contribution in [3.63, 3.8) is 0 Å². The highest BCUT2D eigenvalue weighted by atomic mass is 14.4. The van der Waals surface area contributed by atoms with Crippen LogP contribution in [0.1, 0.15) is 108 Å². The number of rotatable bonds is 8. The van der Waals surface area contributed by atoms with Crippen molar-refractivity contribution in [2.45, 2.75) is 90.4 Å². The molecule has 1 aliphatic rings. The molecule has 0 fully saturated rings. The second-order valence-corrected chi connectivity index (χ2v) is 22.7. The van der Waals surface area contributed by atoms with Crippen molar-refractivity contribution in [1.82, 2.24) is 0 Å². The van der Waals surface area contributed by atoms with Gasteiger partial charge in [0.1, 0.15) is 0 Å². The first kappa shape index (κ1) is 44.0. The maximum Gasteiger partial charge on any atom is 0.0172 e. The van der Waals surface area contributed by atoms with Gasteiger partial charge in [-0.25, -0.2) is 0 Å². The van der Waals surface area contributed by atoms with Gasteiger partial charge >= 0.3 is 0 Å². The Morgan fingerprint density at radius 1 is 0.343 bits per heavy atom. The third-order valence-corrected chi connectivity index (χ3v) is 17.0. The van der Waals surface area contributed by atoms with Crippen LogP contribution in [0, 0.1) is 0 Å². The van der Waals surface area contributed by atoms with E-state index in [9.17, 15) is 0 Å². The number of hydrogen-bond acceptors (Lipinski definition) is 0. The van der Waals surface area contributed by atoms with Gasteiger partial charge in [-0.05, 0) is 138 Å². The molecule has 0 heteroatoms. The molecule has 0 nitrogen and oxygen atoms in total. The van der Waals surface area contributed by atoms with Gasteiger partial charge in [-0.15, -0.1) is 0 Å². The van der Waals surface area contributed by atoms with Crippen molar-refractivity contribution < 1.29 is 0 Å². The molecule has 11 aromatic rings. The van der Waals surface area contributed by atoms with Gasteiger partial charge in [0.2, 0.25) is 0 Å². The summed E-state index contributed by atoms with van der Waals surface area (Å²) >= 11 is 0. The minimum Gasteiger partial charge on any atom is -0.0642 e. The molecule has 0 aromatic heterocycles. The molecule has 0 radical (unpaired) electrons. The summed E-state index contributed by atoms with van der Waals surface area (Å²) in [5, 5.41) is 10.6. The lowest BCUT2D eigenvalue weighted by Crippen LogP contribution is -2.24. The Bertz CT molecular complexity index is 3790. The molecule has 342 valence electrons. The van der Waals surface area contributed by atoms with E-state index in [-0.39, 0.29) is 21.7 Å². The first-order chi connectivity index (χ1) is 33.6. The van der Waals surface area contributed by atoms with Crippen LogP contribution in [0.25, 0.3) is 87.6 Å². The zero-order valence-electron chi connectivity index (χ0n) is 42.3. The van der Waals surface area contributed by atoms with E-state index in [2.05, 4.69) is 263 Å². The molecule has 0 aliphatic heterocycles. The molecular formula is C70H62. The quantitative estimate of drug-likeness (QED) is 0.133. The Morgan fingerprint density at radius 2 is 0.829 bits per heavy atom. The molecule has 1 aliphatic carbocycles. The summed E-state index contributed by atoms with van der Waals surface area (Å²) in [5.41, 5.74) is 19.5. The van der Waals surface area contributed by atoms with Crippen molar-refractivity contribution in [1.29, 1.82) is 0 Å². The van der Waals surface area contributed by atoms with Crippen LogP contribution < -0.4 is 0 Å². The van der Waals surface area contributed by atoms with E-state index in [1.807, 2.05) is 0 Å². The minimum atomic E-state index is -0.185. The molecule has 12 rings (SSSR count). The molecule has 0 heterocycles. The predicted molar refractivity (Wildman–Crippen MR) is 302 cm³/mol. The van der Waals surface area contributed by atoms with Crippen LogP contribution in [0.15, 0.2) is 200 Å². The molecule has 70 heavy (non-hydrogen) atoms. The van der Waals surface area contributed by atoms with E-state index >= 15 is 0 Å². The first-order valence-corrected chi connectivity index (χ1v) is 25.5. The zero-order valence-corrected chi connectivity index (χ0v) is 42.3. The van der Waals surface area contributed by atoms with E-state index in [4.69, 9.17) is 0 Å². The first-order valence-electron chi connectivity index (χ1n) is 25.5. The van der Waals surface area contributed by atoms with Crippen LogP contribution in [-0.4, -0.2) is 0 Å². The molecule has 11 aromatic carbocycles. The summed E-state index contributed by atoms with van der Waals surface area (Å²) in [6.07, 6.45) is 1.01. The highest BCUT2D eigenvalue weighted by Gasteiger charge is 2.39. The number of hydrogen-bond donors (Lipinski definition) is 0. The molecule has 1 unspecified atom stereocenters. The van der Waals surface area contributed by atoms with Gasteiger partial charge in [0, 0.05) is 16.2 Å². The molecular weight excluding hydrogens is 841 g/mol. The SMILES string of the molecule is CCC(C)(c1ccc(-c2cccc3ccccc23)cc1)c1ccc2c(c1)C(C)(C)c1cc(C(C)(C)c3ccc(-c4ccc(-c5ccc6ccc7cc(C(C)(C)C)cc8ccc5c6c78)cc4)cc3)ccc1-2. The van der Waals surface area contributed by atoms with E-state index in [0.29, 0.717) is 0 Å². The van der Waals surface area contributed by atoms with Crippen LogP contribution in [-0.2, 0) is 21.7 Å². The second-order valence-electron chi connectivity index (χ2n) is 22.7. The summed E-state index contributed by atoms with van der Waals surface area (Å²) in [4.78, 5) is 0. The molecule has 1 atom stereocenters. The maximum absolute atomic E-state index is 2.53. The van der Waals surface area contributed by atoms with Gasteiger partial charge < -0.3 is 0 Å². The van der Waals surface area contributed by atoms with Crippen LogP contribution in [0.4, 0.5) is 0 Å². The van der Waals surface area contributed by atoms with E-state index in [0.717, 1.165) is 6.42 Å². The Hall–Kier alpha value is -7.28. The lowest BCUT2D eigenvalue weighted by Gasteiger charge is -2.32. The normalized spacial score (nSPS) is 14.4. The Kier molecular flexibility index (Phi) is 9.97. The van der Waals surface area contributed by atoms with Crippen molar-refractivity contribution in [3.8, 4) is 44.5 Å². The summed E-state index contributed by atoms with van der Waals surface area (Å²) < 4.78 is 0. The lowest BCUT2D eigenvalue weighted by molar-refractivity contribution is 0.547. The van der Waals surface area contributed by atoms with Crippen molar-refractivity contribution in [2.75, 3.05) is 0 Å². The van der Waals surface area contributed by atoms with E-state index in [1.54, 1.807) is 0 Å². The Morgan fingerprint density at radius 3 is 1.49 bits per heavy atom. The average Bonchev–Trinajstić information content (AvgIpc) is 3.61. The zero-order chi connectivity index (χ0) is 48.3. The third kappa shape index (κ3) is 6.86. The number of fused-ring (bicyclic) bond motifs is 4. The number of benzene rings is 11. The maximum atomic E-state index is 2.53. The fourth-order valence-corrected chi connectivity index (χ4v) is 12.1. The van der Waals surface area contributed by atoms with E-state index in [1.165, 1.54) is 127 Å². The lowest BCUT2D eigenvalue weighted by atomic mass is 9.71. The molecule has 0 spiro atoms. The summed E-state index contributed by atoms with van der Waals surface area (Å²) in [6, 6.07) is 76.4. The summed E-state index contributed by atoms with van der Waals surface area (Å²) in [5.74, 6) is 0. The molecule has 0 bridgehead atoms. The topological polar surface area (TPSA) is 0 Å². The van der Waals surface area contributed by atoms with Crippen LogP contribution in [0.3, 0.4) is 0 Å². The van der Waals surface area contributed by atoms with Crippen LogP contribution in [0.2, 0.25) is 0 Å². The minimum absolute atomic E-state index is 0.0989. The highest BCUT2D eigenvalue weighted by Crippen LogP contribution is 2.52. The van der Waals surface area contributed by atoms with Crippen molar-refractivity contribution in [3.05, 3.63) is 239 Å². The fraction of sp³-hybridized carbons (Fsp3) is 0.200. The van der Waals surface area contributed by atoms with E-state index < -0.39 is 0 Å². The molecule has 0 N–H and O–H groups in total. The largest absolute Gasteiger partial charge is 0.0642 e. The molecule has 0 amide bonds. The summed E-state index contributed by atoms with van der Waals surface area (Å²) in [6.45, 7) is 21.3.